The molecule has 0 spiro atoms. The number of nitrogens with one attached hydrogen (secondary N) is 1. The number of fused-ring (bicyclic) bond motifs is 1. The molecule has 1 aliphatic rings. The van der Waals surface area contributed by atoms with Crippen LogP contribution in [0, 0.1) is 5.82 Å². The number of anilines is 1. The first-order valence-corrected chi connectivity index (χ1v) is 9.16. The van der Waals surface area contributed by atoms with Gasteiger partial charge >= 0.3 is 0 Å². The number of ether oxygens (including phenoxy) is 2. The van der Waals surface area contributed by atoms with Gasteiger partial charge in [-0.2, -0.15) is 0 Å². The van der Waals surface area contributed by atoms with Gasteiger partial charge in [0.25, 0.3) is 0 Å². The zero-order valence-corrected chi connectivity index (χ0v) is 15.5. The van der Waals surface area contributed by atoms with Gasteiger partial charge in [0, 0.05) is 32.9 Å². The number of methoxy groups -OCH3 is 1. The van der Waals surface area contributed by atoms with Crippen molar-refractivity contribution in [1.82, 2.24) is 5.32 Å². The van der Waals surface area contributed by atoms with Gasteiger partial charge in [-0.1, -0.05) is 30.3 Å². The van der Waals surface area contributed by atoms with Gasteiger partial charge in [-0.25, -0.2) is 4.39 Å². The Hall–Kier alpha value is -2.60. The molecule has 1 heterocycles. The van der Waals surface area contributed by atoms with Gasteiger partial charge in [0.15, 0.2) is 0 Å². The van der Waals surface area contributed by atoms with Crippen molar-refractivity contribution in [3.8, 4) is 5.75 Å². The fourth-order valence-electron chi connectivity index (χ4n) is 3.21. The molecule has 0 fully saturated rings. The van der Waals surface area contributed by atoms with E-state index in [2.05, 4.69) is 10.2 Å². The Morgan fingerprint density at radius 2 is 2.11 bits per heavy atom. The largest absolute Gasteiger partial charge is 0.489 e. The average Bonchev–Trinajstić information content (AvgIpc) is 2.68. The SMILES string of the molecule is COCCCNC(=O)C[C@@H]1COc2cc(F)ccc2N1Cc1ccccc1. The predicted octanol–water partition coefficient (Wildman–Crippen LogP) is 3.14. The number of amides is 1. The molecule has 1 atom stereocenters. The summed E-state index contributed by atoms with van der Waals surface area (Å²) in [6.07, 6.45) is 1.09. The van der Waals surface area contributed by atoms with Crippen LogP contribution in [0.1, 0.15) is 18.4 Å². The highest BCUT2D eigenvalue weighted by atomic mass is 19.1. The van der Waals surface area contributed by atoms with Gasteiger partial charge in [0.1, 0.15) is 18.2 Å². The lowest BCUT2D eigenvalue weighted by Gasteiger charge is -2.38. The summed E-state index contributed by atoms with van der Waals surface area (Å²) >= 11 is 0. The zero-order valence-electron chi connectivity index (χ0n) is 15.5. The number of carbonyl (C=O) groups excluding carboxylic acids is 1. The van der Waals surface area contributed by atoms with Crippen LogP contribution in [0.3, 0.4) is 0 Å². The summed E-state index contributed by atoms with van der Waals surface area (Å²) in [5.74, 6) is 0.161. The zero-order chi connectivity index (χ0) is 19.1. The quantitative estimate of drug-likeness (QED) is 0.724. The maximum atomic E-state index is 13.6. The van der Waals surface area contributed by atoms with Crippen LogP contribution in [0.15, 0.2) is 48.5 Å². The molecular formula is C21H25FN2O3. The smallest absolute Gasteiger partial charge is 0.222 e. The molecule has 0 aliphatic carbocycles. The molecule has 0 bridgehead atoms. The molecule has 0 aromatic heterocycles. The number of benzene rings is 2. The molecule has 2 aromatic rings. The van der Waals surface area contributed by atoms with Crippen LogP contribution in [0.25, 0.3) is 0 Å². The number of rotatable bonds is 8. The van der Waals surface area contributed by atoms with Crippen molar-refractivity contribution in [2.24, 2.45) is 0 Å². The van der Waals surface area contributed by atoms with Gasteiger partial charge in [-0.3, -0.25) is 4.79 Å². The van der Waals surface area contributed by atoms with Crippen molar-refractivity contribution in [2.75, 3.05) is 31.8 Å². The predicted molar refractivity (Wildman–Crippen MR) is 102 cm³/mol. The Morgan fingerprint density at radius 1 is 1.30 bits per heavy atom. The third-order valence-electron chi connectivity index (χ3n) is 4.57. The molecule has 2 aromatic carbocycles. The molecule has 1 aliphatic heterocycles. The van der Waals surface area contributed by atoms with Gasteiger partial charge in [0.2, 0.25) is 5.91 Å². The molecule has 1 amide bonds. The fraction of sp³-hybridized carbons (Fsp3) is 0.381. The maximum Gasteiger partial charge on any atom is 0.222 e. The van der Waals surface area contributed by atoms with E-state index < -0.39 is 0 Å². The lowest BCUT2D eigenvalue weighted by atomic mass is 10.1. The minimum absolute atomic E-state index is 0.0247. The Bertz CT molecular complexity index is 754. The molecule has 0 radical (unpaired) electrons. The summed E-state index contributed by atoms with van der Waals surface area (Å²) < 4.78 is 24.3. The van der Waals surface area contributed by atoms with E-state index in [0.717, 1.165) is 17.7 Å². The van der Waals surface area contributed by atoms with Gasteiger partial charge in [-0.05, 0) is 24.1 Å². The van der Waals surface area contributed by atoms with Crippen LogP contribution < -0.4 is 15.0 Å². The van der Waals surface area contributed by atoms with Gasteiger partial charge in [0.05, 0.1) is 18.2 Å². The molecule has 0 unspecified atom stereocenters. The summed E-state index contributed by atoms with van der Waals surface area (Å²) in [6.45, 7) is 2.17. The third-order valence-corrected chi connectivity index (χ3v) is 4.57. The summed E-state index contributed by atoms with van der Waals surface area (Å²) in [5.41, 5.74) is 1.93. The molecule has 5 nitrogen and oxygen atoms in total. The Balaban J connectivity index is 1.73. The summed E-state index contributed by atoms with van der Waals surface area (Å²) in [5, 5.41) is 2.92. The maximum absolute atomic E-state index is 13.6. The van der Waals surface area contributed by atoms with Gasteiger partial charge in [-0.15, -0.1) is 0 Å². The normalized spacial score (nSPS) is 15.8. The minimum atomic E-state index is -0.331. The fourth-order valence-corrected chi connectivity index (χ4v) is 3.21. The van der Waals surface area contributed by atoms with Crippen molar-refractivity contribution in [3.05, 3.63) is 59.9 Å². The van der Waals surface area contributed by atoms with Crippen molar-refractivity contribution in [2.45, 2.75) is 25.4 Å². The van der Waals surface area contributed by atoms with E-state index >= 15 is 0 Å². The summed E-state index contributed by atoms with van der Waals surface area (Å²) in [4.78, 5) is 14.5. The van der Waals surface area contributed by atoms with Crippen molar-refractivity contribution in [1.29, 1.82) is 0 Å². The van der Waals surface area contributed by atoms with Crippen LogP contribution >= 0.6 is 0 Å². The molecule has 27 heavy (non-hydrogen) atoms. The van der Waals surface area contributed by atoms with E-state index in [4.69, 9.17) is 9.47 Å². The average molecular weight is 372 g/mol. The summed E-state index contributed by atoms with van der Waals surface area (Å²) in [6, 6.07) is 14.4. The highest BCUT2D eigenvalue weighted by Crippen LogP contribution is 2.36. The number of halogens is 1. The van der Waals surface area contributed by atoms with Crippen LogP contribution in [0.4, 0.5) is 10.1 Å². The first-order chi connectivity index (χ1) is 13.2. The molecule has 1 N–H and O–H groups in total. The van der Waals surface area contributed by atoms with Crippen molar-refractivity contribution in [3.63, 3.8) is 0 Å². The topological polar surface area (TPSA) is 50.8 Å². The van der Waals surface area contributed by atoms with Crippen molar-refractivity contribution >= 4 is 11.6 Å². The second-order valence-corrected chi connectivity index (χ2v) is 6.59. The number of hydrogen-bond acceptors (Lipinski definition) is 4. The van der Waals surface area contributed by atoms with E-state index in [0.29, 0.717) is 38.5 Å². The minimum Gasteiger partial charge on any atom is -0.489 e. The lowest BCUT2D eigenvalue weighted by molar-refractivity contribution is -0.121. The number of hydrogen-bond donors (Lipinski definition) is 1. The van der Waals surface area contributed by atoms with Crippen LogP contribution in [0.2, 0.25) is 0 Å². The molecule has 144 valence electrons. The number of carbonyl (C=O) groups is 1. The van der Waals surface area contributed by atoms with Crippen LogP contribution in [-0.4, -0.2) is 38.8 Å². The van der Waals surface area contributed by atoms with E-state index in [1.807, 2.05) is 30.3 Å². The van der Waals surface area contributed by atoms with E-state index in [1.165, 1.54) is 12.1 Å². The second-order valence-electron chi connectivity index (χ2n) is 6.59. The molecule has 0 saturated carbocycles. The standard InChI is InChI=1S/C21H25FN2O3/c1-26-11-5-10-23-21(25)13-18-15-27-20-12-17(22)8-9-19(20)24(18)14-16-6-3-2-4-7-16/h2-4,6-9,12,18H,5,10-11,13-15H2,1H3,(H,23,25)/t18-/m1/s1. The number of nitrogens with zero attached hydrogens (tertiary/aromatic N) is 1. The Kier molecular flexibility index (Phi) is 6.65. The van der Waals surface area contributed by atoms with Crippen molar-refractivity contribution < 1.29 is 18.7 Å². The van der Waals surface area contributed by atoms with Crippen LogP contribution in [0.5, 0.6) is 5.75 Å². The summed E-state index contributed by atoms with van der Waals surface area (Å²) in [7, 11) is 1.64. The van der Waals surface area contributed by atoms with E-state index in [1.54, 1.807) is 13.2 Å². The lowest BCUT2D eigenvalue weighted by Crippen LogP contribution is -2.45. The highest BCUT2D eigenvalue weighted by molar-refractivity contribution is 5.77. The van der Waals surface area contributed by atoms with Crippen LogP contribution in [-0.2, 0) is 16.1 Å². The highest BCUT2D eigenvalue weighted by Gasteiger charge is 2.29. The Morgan fingerprint density at radius 3 is 2.89 bits per heavy atom. The van der Waals surface area contributed by atoms with E-state index in [9.17, 15) is 9.18 Å². The first-order valence-electron chi connectivity index (χ1n) is 9.16. The third kappa shape index (κ3) is 5.20. The molecule has 6 heteroatoms. The Labute approximate surface area is 159 Å². The van der Waals surface area contributed by atoms with E-state index in [-0.39, 0.29) is 17.8 Å². The van der Waals surface area contributed by atoms with Gasteiger partial charge < -0.3 is 19.7 Å². The molecular weight excluding hydrogens is 347 g/mol. The molecule has 0 saturated heterocycles. The monoisotopic (exact) mass is 372 g/mol. The first kappa shape index (κ1) is 19.2. The molecule has 3 rings (SSSR count). The second kappa shape index (κ2) is 9.37.